The van der Waals surface area contributed by atoms with Crippen LogP contribution in [0.5, 0.6) is 0 Å². The summed E-state index contributed by atoms with van der Waals surface area (Å²) >= 11 is 17.4. The highest BCUT2D eigenvalue weighted by molar-refractivity contribution is 8.43. The summed E-state index contributed by atoms with van der Waals surface area (Å²) in [4.78, 5) is 12.9. The summed E-state index contributed by atoms with van der Waals surface area (Å²) in [5.41, 5.74) is 0. The summed E-state index contributed by atoms with van der Waals surface area (Å²) in [6, 6.07) is 0. The number of thioether (sulfide) groups is 7. The number of rotatable bonds is 11. The monoisotopic (exact) mass is 560 g/mol. The first kappa shape index (κ1) is 26.0. The van der Waals surface area contributed by atoms with Crippen molar-refractivity contribution >= 4 is 101 Å². The van der Waals surface area contributed by atoms with Crippen LogP contribution in [0.3, 0.4) is 0 Å². The van der Waals surface area contributed by atoms with Crippen molar-refractivity contribution in [3.05, 3.63) is 26.1 Å². The molecule has 30 heavy (non-hydrogen) atoms. The van der Waals surface area contributed by atoms with Gasteiger partial charge in [0.05, 0.1) is 46.9 Å². The van der Waals surface area contributed by atoms with Gasteiger partial charge in [-0.05, 0) is 19.6 Å². The van der Waals surface area contributed by atoms with Gasteiger partial charge in [0.2, 0.25) is 0 Å². The molecule has 0 saturated carbocycles. The fraction of sp³-hybridized carbons (Fsp3) is 0.611. The van der Waals surface area contributed by atoms with Gasteiger partial charge < -0.3 is 14.2 Å². The second-order valence-electron chi connectivity index (χ2n) is 5.95. The molecule has 12 heteroatoms. The SMILES string of the molecule is CCOC(=O)CCSC1=C(SC)S/C(=C2/SC(CS)=C(SCCC3COCO3)S2)S1. The molecule has 0 aromatic heterocycles. The van der Waals surface area contributed by atoms with Crippen molar-refractivity contribution in [2.75, 3.05) is 43.5 Å². The molecule has 0 spiro atoms. The normalized spacial score (nSPS) is 24.4. The molecule has 1 atom stereocenters. The quantitative estimate of drug-likeness (QED) is 0.213. The van der Waals surface area contributed by atoms with Crippen molar-refractivity contribution < 1.29 is 19.0 Å². The number of carbonyl (C=O) groups is 1. The second-order valence-corrected chi connectivity index (χ2v) is 14.8. The zero-order chi connectivity index (χ0) is 21.3. The Bertz CT molecular complexity index is 715. The Hall–Kier alpha value is 1.41. The van der Waals surface area contributed by atoms with E-state index in [1.165, 1.54) is 26.1 Å². The third-order valence-electron chi connectivity index (χ3n) is 3.87. The molecule has 0 aromatic rings. The van der Waals surface area contributed by atoms with Crippen molar-refractivity contribution in [2.45, 2.75) is 25.9 Å². The van der Waals surface area contributed by atoms with E-state index in [0.29, 0.717) is 26.4 Å². The predicted octanol–water partition coefficient (Wildman–Crippen LogP) is 6.84. The zero-order valence-electron chi connectivity index (χ0n) is 16.7. The Balaban J connectivity index is 1.52. The lowest BCUT2D eigenvalue weighted by molar-refractivity contribution is -0.142. The first-order valence-corrected chi connectivity index (χ1v) is 16.4. The summed E-state index contributed by atoms with van der Waals surface area (Å²) in [5.74, 6) is 2.42. The standard InChI is InChI=1S/C18H24O4S8/c1-3-21-13(19)5-7-26-16-15(24-2)29-18(30-16)17-27-12(9-23)14(28-17)25-6-4-11-8-20-10-22-11/h11,23H,3-10H2,1-2H3/b18-17+. The maximum absolute atomic E-state index is 11.6. The van der Waals surface area contributed by atoms with Gasteiger partial charge in [-0.25, -0.2) is 0 Å². The Labute approximate surface area is 213 Å². The van der Waals surface area contributed by atoms with Crippen LogP contribution in [-0.2, 0) is 19.0 Å². The van der Waals surface area contributed by atoms with E-state index in [1.54, 1.807) is 23.5 Å². The van der Waals surface area contributed by atoms with E-state index in [1.807, 2.05) is 65.7 Å². The van der Waals surface area contributed by atoms with Crippen LogP contribution in [0.4, 0.5) is 0 Å². The topological polar surface area (TPSA) is 44.8 Å². The van der Waals surface area contributed by atoms with Gasteiger partial charge in [-0.15, -0.1) is 35.3 Å². The maximum atomic E-state index is 11.6. The highest BCUT2D eigenvalue weighted by Gasteiger charge is 2.30. The third-order valence-corrected chi connectivity index (χ3v) is 14.4. The molecular formula is C18H24O4S8. The minimum absolute atomic E-state index is 0.119. The average molecular weight is 561 g/mol. The predicted molar refractivity (Wildman–Crippen MR) is 145 cm³/mol. The van der Waals surface area contributed by atoms with Gasteiger partial charge in [0, 0.05) is 22.2 Å². The van der Waals surface area contributed by atoms with E-state index in [9.17, 15) is 4.79 Å². The molecule has 3 heterocycles. The lowest BCUT2D eigenvalue weighted by atomic mass is 10.3. The molecule has 0 aliphatic carbocycles. The molecule has 3 aliphatic heterocycles. The number of carbonyl (C=O) groups excluding carboxylic acids is 1. The second kappa shape index (κ2) is 14.0. The Morgan fingerprint density at radius 2 is 1.87 bits per heavy atom. The zero-order valence-corrected chi connectivity index (χ0v) is 23.3. The molecule has 0 aromatic carbocycles. The van der Waals surface area contributed by atoms with Gasteiger partial charge in [0.25, 0.3) is 0 Å². The molecule has 168 valence electrons. The first-order valence-electron chi connectivity index (χ1n) is 9.33. The van der Waals surface area contributed by atoms with Gasteiger partial charge in [-0.1, -0.05) is 47.0 Å². The van der Waals surface area contributed by atoms with E-state index >= 15 is 0 Å². The molecule has 1 unspecified atom stereocenters. The van der Waals surface area contributed by atoms with E-state index in [2.05, 4.69) is 18.9 Å². The third kappa shape index (κ3) is 7.73. The van der Waals surface area contributed by atoms with Crippen molar-refractivity contribution in [2.24, 2.45) is 0 Å². The van der Waals surface area contributed by atoms with E-state index in [4.69, 9.17) is 14.2 Å². The highest BCUT2D eigenvalue weighted by atomic mass is 32.3. The highest BCUT2D eigenvalue weighted by Crippen LogP contribution is 2.64. The molecule has 0 amide bonds. The number of thiol groups is 1. The summed E-state index contributed by atoms with van der Waals surface area (Å²) < 4.78 is 22.5. The Morgan fingerprint density at radius 3 is 2.57 bits per heavy atom. The van der Waals surface area contributed by atoms with Gasteiger partial charge in [-0.3, -0.25) is 4.79 Å². The largest absolute Gasteiger partial charge is 0.466 e. The summed E-state index contributed by atoms with van der Waals surface area (Å²) in [7, 11) is 0. The summed E-state index contributed by atoms with van der Waals surface area (Å²) in [6.45, 7) is 3.43. The summed E-state index contributed by atoms with van der Waals surface area (Å²) in [5, 5.41) is 0. The van der Waals surface area contributed by atoms with Gasteiger partial charge in [0.15, 0.2) is 0 Å². The fourth-order valence-corrected chi connectivity index (χ4v) is 12.9. The molecule has 4 nitrogen and oxygen atoms in total. The Kier molecular flexibility index (Phi) is 12.1. The van der Waals surface area contributed by atoms with E-state index in [-0.39, 0.29) is 12.1 Å². The molecule has 3 rings (SSSR count). The van der Waals surface area contributed by atoms with Crippen LogP contribution in [0, 0.1) is 0 Å². The minimum atomic E-state index is -0.119. The van der Waals surface area contributed by atoms with Crippen LogP contribution in [0.2, 0.25) is 0 Å². The van der Waals surface area contributed by atoms with Crippen molar-refractivity contribution in [1.82, 2.24) is 0 Å². The number of hydrogen-bond donors (Lipinski definition) is 1. The lowest BCUT2D eigenvalue weighted by Crippen LogP contribution is -2.09. The van der Waals surface area contributed by atoms with Gasteiger partial charge in [-0.2, -0.15) is 12.6 Å². The fourth-order valence-electron chi connectivity index (χ4n) is 2.46. The number of hydrogen-bond acceptors (Lipinski definition) is 12. The molecule has 1 fully saturated rings. The summed E-state index contributed by atoms with van der Waals surface area (Å²) in [6.07, 6.45) is 3.81. The molecule has 3 aliphatic rings. The van der Waals surface area contributed by atoms with Crippen LogP contribution in [0.1, 0.15) is 19.8 Å². The van der Waals surface area contributed by atoms with E-state index < -0.39 is 0 Å². The van der Waals surface area contributed by atoms with Crippen molar-refractivity contribution in [1.29, 1.82) is 0 Å². The van der Waals surface area contributed by atoms with Crippen LogP contribution >= 0.6 is 95.0 Å². The Morgan fingerprint density at radius 1 is 1.13 bits per heavy atom. The van der Waals surface area contributed by atoms with Crippen molar-refractivity contribution in [3.8, 4) is 0 Å². The lowest BCUT2D eigenvalue weighted by Gasteiger charge is -2.07. The molecule has 0 N–H and O–H groups in total. The average Bonchev–Trinajstić information content (AvgIpc) is 3.48. The van der Waals surface area contributed by atoms with Gasteiger partial charge >= 0.3 is 5.97 Å². The molecule has 0 bridgehead atoms. The molecule has 0 radical (unpaired) electrons. The van der Waals surface area contributed by atoms with Crippen LogP contribution in [0.25, 0.3) is 0 Å². The number of ether oxygens (including phenoxy) is 3. The number of esters is 1. The molecular weight excluding hydrogens is 537 g/mol. The van der Waals surface area contributed by atoms with E-state index in [0.717, 1.165) is 23.7 Å². The van der Waals surface area contributed by atoms with Crippen LogP contribution < -0.4 is 0 Å². The van der Waals surface area contributed by atoms with Crippen LogP contribution in [-0.4, -0.2) is 55.6 Å². The van der Waals surface area contributed by atoms with Gasteiger partial charge in [0.1, 0.15) is 6.79 Å². The minimum Gasteiger partial charge on any atom is -0.466 e. The first-order chi connectivity index (χ1) is 14.6. The van der Waals surface area contributed by atoms with Crippen LogP contribution in [0.15, 0.2) is 26.1 Å². The maximum Gasteiger partial charge on any atom is 0.306 e. The smallest absolute Gasteiger partial charge is 0.306 e. The van der Waals surface area contributed by atoms with Crippen molar-refractivity contribution in [3.63, 3.8) is 0 Å². The molecule has 1 saturated heterocycles.